The lowest BCUT2D eigenvalue weighted by atomic mass is 10.1. The van der Waals surface area contributed by atoms with Gasteiger partial charge in [0.25, 0.3) is 0 Å². The number of aromatic nitrogens is 3. The van der Waals surface area contributed by atoms with Crippen molar-refractivity contribution in [3.63, 3.8) is 0 Å². The second-order valence-corrected chi connectivity index (χ2v) is 3.70. The van der Waals surface area contributed by atoms with Crippen LogP contribution in [-0.2, 0) is 0 Å². The van der Waals surface area contributed by atoms with E-state index >= 15 is 0 Å². The Morgan fingerprint density at radius 1 is 1.41 bits per heavy atom. The summed E-state index contributed by atoms with van der Waals surface area (Å²) in [6.45, 7) is 1.80. The summed E-state index contributed by atoms with van der Waals surface area (Å²) in [6.07, 6.45) is 2.25. The Morgan fingerprint density at radius 2 is 2.29 bits per heavy atom. The third-order valence-electron chi connectivity index (χ3n) is 2.55. The van der Waals surface area contributed by atoms with Gasteiger partial charge >= 0.3 is 0 Å². The molecule has 0 spiro atoms. The number of carbonyl (C=O) groups excluding carboxylic acids is 1. The number of oxazole rings is 1. The number of aryl methyl sites for hydroxylation is 1. The first-order valence-electron chi connectivity index (χ1n) is 5.14. The molecule has 1 aromatic carbocycles. The van der Waals surface area contributed by atoms with E-state index in [4.69, 9.17) is 4.42 Å². The number of hydrogen-bond acceptors (Lipinski definition) is 4. The summed E-state index contributed by atoms with van der Waals surface area (Å²) in [5.74, 6) is 0.620. The molecule has 0 saturated heterocycles. The number of carbonyl (C=O) groups is 1. The maximum atomic E-state index is 10.8. The number of aldehydes is 1. The molecule has 0 aliphatic carbocycles. The number of nitrogens with zero attached hydrogens (tertiary/aromatic N) is 2. The number of hydrogen-bond donors (Lipinski definition) is 1. The van der Waals surface area contributed by atoms with Crippen LogP contribution >= 0.6 is 0 Å². The maximum Gasteiger partial charge on any atom is 0.192 e. The van der Waals surface area contributed by atoms with Crippen molar-refractivity contribution in [2.75, 3.05) is 0 Å². The summed E-state index contributed by atoms with van der Waals surface area (Å²) in [5.41, 5.74) is 3.43. The fraction of sp³-hybridized carbons (Fsp3) is 0.0833. The van der Waals surface area contributed by atoms with E-state index in [-0.39, 0.29) is 0 Å². The highest BCUT2D eigenvalue weighted by Gasteiger charge is 2.10. The normalized spacial score (nSPS) is 10.9. The first kappa shape index (κ1) is 9.77. The summed E-state index contributed by atoms with van der Waals surface area (Å²) < 4.78 is 5.39. The van der Waals surface area contributed by atoms with Crippen molar-refractivity contribution in [1.82, 2.24) is 15.0 Å². The van der Waals surface area contributed by atoms with Gasteiger partial charge in [-0.3, -0.25) is 4.79 Å². The molecule has 0 unspecified atom stereocenters. The molecule has 5 nitrogen and oxygen atoms in total. The number of aromatic amines is 1. The molecule has 0 aliphatic heterocycles. The first-order valence-corrected chi connectivity index (χ1v) is 5.14. The van der Waals surface area contributed by atoms with E-state index in [0.717, 1.165) is 22.9 Å². The van der Waals surface area contributed by atoms with Crippen LogP contribution in [0.5, 0.6) is 0 Å². The summed E-state index contributed by atoms with van der Waals surface area (Å²) in [7, 11) is 0. The number of H-pyrrole nitrogens is 1. The van der Waals surface area contributed by atoms with Crippen molar-refractivity contribution in [2.45, 2.75) is 6.92 Å². The van der Waals surface area contributed by atoms with Crippen LogP contribution < -0.4 is 0 Å². The molecule has 3 rings (SSSR count). The number of benzene rings is 1. The summed E-state index contributed by atoms with van der Waals surface area (Å²) in [6, 6.07) is 5.54. The highest BCUT2D eigenvalue weighted by atomic mass is 16.3. The highest BCUT2D eigenvalue weighted by Crippen LogP contribution is 2.24. The van der Waals surface area contributed by atoms with Gasteiger partial charge in [0.05, 0.1) is 12.0 Å². The Morgan fingerprint density at radius 3 is 3.12 bits per heavy atom. The highest BCUT2D eigenvalue weighted by molar-refractivity contribution is 5.86. The van der Waals surface area contributed by atoms with Crippen molar-refractivity contribution >= 4 is 17.4 Å². The van der Waals surface area contributed by atoms with Gasteiger partial charge in [-0.1, -0.05) is 0 Å². The fourth-order valence-electron chi connectivity index (χ4n) is 1.81. The molecule has 17 heavy (non-hydrogen) atoms. The molecule has 2 aromatic heterocycles. The third-order valence-corrected chi connectivity index (χ3v) is 2.55. The van der Waals surface area contributed by atoms with Crippen molar-refractivity contribution in [3.8, 4) is 11.3 Å². The minimum atomic E-state index is 0.463. The zero-order chi connectivity index (χ0) is 11.8. The second kappa shape index (κ2) is 3.55. The van der Waals surface area contributed by atoms with E-state index in [0.29, 0.717) is 17.3 Å². The number of imidazole rings is 1. The Balaban J connectivity index is 2.20. The molecule has 0 radical (unpaired) electrons. The molecule has 2 heterocycles. The van der Waals surface area contributed by atoms with E-state index in [1.54, 1.807) is 6.92 Å². The molecular weight excluding hydrogens is 218 g/mol. The van der Waals surface area contributed by atoms with Crippen LogP contribution in [0, 0.1) is 6.92 Å². The second-order valence-electron chi connectivity index (χ2n) is 3.70. The van der Waals surface area contributed by atoms with Gasteiger partial charge in [-0.2, -0.15) is 0 Å². The van der Waals surface area contributed by atoms with Crippen LogP contribution in [0.25, 0.3) is 22.4 Å². The van der Waals surface area contributed by atoms with Gasteiger partial charge in [-0.15, -0.1) is 0 Å². The number of fused-ring (bicyclic) bond motifs is 1. The average Bonchev–Trinajstić information content (AvgIpc) is 2.91. The minimum absolute atomic E-state index is 0.463. The van der Waals surface area contributed by atoms with Gasteiger partial charge in [0.2, 0.25) is 0 Å². The van der Waals surface area contributed by atoms with Crippen LogP contribution in [0.15, 0.2) is 28.9 Å². The summed E-state index contributed by atoms with van der Waals surface area (Å²) >= 11 is 0. The van der Waals surface area contributed by atoms with Crippen LogP contribution in [0.2, 0.25) is 0 Å². The van der Waals surface area contributed by atoms with E-state index < -0.39 is 0 Å². The first-order chi connectivity index (χ1) is 8.28. The molecular formula is C12H9N3O2. The molecule has 0 atom stereocenters. The Labute approximate surface area is 96.5 Å². The van der Waals surface area contributed by atoms with Crippen LogP contribution in [0.1, 0.15) is 16.4 Å². The Hall–Kier alpha value is -2.43. The van der Waals surface area contributed by atoms with Crippen LogP contribution in [0.3, 0.4) is 0 Å². The smallest absolute Gasteiger partial charge is 0.192 e. The van der Waals surface area contributed by atoms with Gasteiger partial charge in [0, 0.05) is 12.5 Å². The van der Waals surface area contributed by atoms with E-state index in [1.807, 2.05) is 18.2 Å². The molecule has 0 fully saturated rings. The minimum Gasteiger partial charge on any atom is -0.441 e. The van der Waals surface area contributed by atoms with E-state index in [2.05, 4.69) is 15.0 Å². The van der Waals surface area contributed by atoms with Gasteiger partial charge in [0.15, 0.2) is 17.8 Å². The van der Waals surface area contributed by atoms with Crippen molar-refractivity contribution in [1.29, 1.82) is 0 Å². The van der Waals surface area contributed by atoms with E-state index in [1.165, 1.54) is 6.33 Å². The molecule has 0 aliphatic rings. The molecule has 84 valence electrons. The fourth-order valence-corrected chi connectivity index (χ4v) is 1.81. The lowest BCUT2D eigenvalue weighted by Gasteiger charge is -1.97. The molecule has 1 N–H and O–H groups in total. The van der Waals surface area contributed by atoms with Gasteiger partial charge in [-0.25, -0.2) is 9.97 Å². The molecule has 3 aromatic rings. The lowest BCUT2D eigenvalue weighted by Crippen LogP contribution is -1.85. The zero-order valence-corrected chi connectivity index (χ0v) is 9.10. The van der Waals surface area contributed by atoms with Crippen molar-refractivity contribution in [3.05, 3.63) is 36.1 Å². The topological polar surface area (TPSA) is 71.8 Å². The Bertz CT molecular complexity index is 697. The molecule has 0 amide bonds. The standard InChI is InChI=1S/C12H9N3O2/c1-7-15-9-4-8(2-3-11(9)17-7)12-10(5-16)13-6-14-12/h2-6H,1H3,(H,13,14). The quantitative estimate of drug-likeness (QED) is 0.682. The predicted molar refractivity (Wildman–Crippen MR) is 61.7 cm³/mol. The van der Waals surface area contributed by atoms with Crippen LogP contribution in [-0.4, -0.2) is 21.2 Å². The lowest BCUT2D eigenvalue weighted by molar-refractivity contribution is 0.112. The van der Waals surface area contributed by atoms with Gasteiger partial charge in [0.1, 0.15) is 11.2 Å². The molecule has 0 bridgehead atoms. The number of rotatable bonds is 2. The van der Waals surface area contributed by atoms with Crippen LogP contribution in [0.4, 0.5) is 0 Å². The van der Waals surface area contributed by atoms with E-state index in [9.17, 15) is 4.79 Å². The SMILES string of the molecule is Cc1nc2cc(-c3nc[nH]c3C=O)ccc2o1. The zero-order valence-electron chi connectivity index (χ0n) is 9.10. The third kappa shape index (κ3) is 1.52. The monoisotopic (exact) mass is 227 g/mol. The van der Waals surface area contributed by atoms with Gasteiger partial charge < -0.3 is 9.40 Å². The average molecular weight is 227 g/mol. The van der Waals surface area contributed by atoms with Crippen molar-refractivity contribution < 1.29 is 9.21 Å². The maximum absolute atomic E-state index is 10.8. The molecule has 0 saturated carbocycles. The largest absolute Gasteiger partial charge is 0.441 e. The Kier molecular flexibility index (Phi) is 2.04. The van der Waals surface area contributed by atoms with Crippen molar-refractivity contribution in [2.24, 2.45) is 0 Å². The summed E-state index contributed by atoms with van der Waals surface area (Å²) in [4.78, 5) is 22.0. The predicted octanol–water partition coefficient (Wildman–Crippen LogP) is 2.34. The van der Waals surface area contributed by atoms with Gasteiger partial charge in [-0.05, 0) is 18.2 Å². The molecule has 5 heteroatoms. The number of nitrogens with one attached hydrogen (secondary N) is 1. The summed E-state index contributed by atoms with van der Waals surface area (Å²) in [5, 5.41) is 0.